The topological polar surface area (TPSA) is 51.2 Å². The Hall–Kier alpha value is -3.09. The number of ether oxygens (including phenoxy) is 1. The van der Waals surface area contributed by atoms with E-state index < -0.39 is 17.6 Å². The van der Waals surface area contributed by atoms with E-state index in [0.29, 0.717) is 16.8 Å². The number of rotatable bonds is 4. The largest absolute Gasteiger partial charge is 0.483 e. The van der Waals surface area contributed by atoms with E-state index in [0.717, 1.165) is 23.3 Å². The van der Waals surface area contributed by atoms with Crippen LogP contribution in [0.1, 0.15) is 16.7 Å². The number of pyridine rings is 1. The van der Waals surface area contributed by atoms with Gasteiger partial charge in [-0.05, 0) is 49.2 Å². The van der Waals surface area contributed by atoms with Crippen LogP contribution in [0.3, 0.4) is 0 Å². The van der Waals surface area contributed by atoms with Crippen molar-refractivity contribution >= 4 is 22.5 Å². The van der Waals surface area contributed by atoms with Crippen molar-refractivity contribution in [1.82, 2.24) is 4.98 Å². The van der Waals surface area contributed by atoms with E-state index in [1.54, 1.807) is 0 Å². The number of carbonyl (C=O) groups excluding carboxylic acids is 1. The molecule has 0 unspecified atom stereocenters. The first kappa shape index (κ1) is 18.7. The summed E-state index contributed by atoms with van der Waals surface area (Å²) in [6.45, 7) is 3.58. The van der Waals surface area contributed by atoms with Crippen LogP contribution in [0.2, 0.25) is 0 Å². The minimum atomic E-state index is -4.45. The average molecular weight is 374 g/mol. The molecule has 0 bridgehead atoms. The predicted octanol–water partition coefficient (Wildman–Crippen LogP) is 4.89. The van der Waals surface area contributed by atoms with Crippen molar-refractivity contribution < 1.29 is 22.7 Å². The van der Waals surface area contributed by atoms with Gasteiger partial charge in [-0.15, -0.1) is 0 Å². The van der Waals surface area contributed by atoms with Gasteiger partial charge in [0.2, 0.25) is 0 Å². The Balaban J connectivity index is 1.76. The molecule has 0 saturated carbocycles. The molecule has 7 heteroatoms. The van der Waals surface area contributed by atoms with Gasteiger partial charge in [0.25, 0.3) is 5.91 Å². The van der Waals surface area contributed by atoms with Crippen LogP contribution >= 0.6 is 0 Å². The van der Waals surface area contributed by atoms with Crippen LogP contribution < -0.4 is 10.1 Å². The highest BCUT2D eigenvalue weighted by Gasteiger charge is 2.30. The number of carbonyl (C=O) groups is 1. The summed E-state index contributed by atoms with van der Waals surface area (Å²) in [5.74, 6) is 0.197. The summed E-state index contributed by atoms with van der Waals surface area (Å²) in [7, 11) is 0. The van der Waals surface area contributed by atoms with Gasteiger partial charge < -0.3 is 10.1 Å². The smallest absolute Gasteiger partial charge is 0.416 e. The SMILES string of the molecule is Cc1ccc(C)c(OCC(=O)Nc2ccnc3cc(C(F)(F)F)ccc23)c1. The summed E-state index contributed by atoms with van der Waals surface area (Å²) >= 11 is 0. The molecule has 0 saturated heterocycles. The number of anilines is 1. The molecule has 3 rings (SSSR count). The first-order valence-corrected chi connectivity index (χ1v) is 8.20. The molecular formula is C20H17F3N2O2. The molecule has 1 N–H and O–H groups in total. The Bertz CT molecular complexity index is 1000. The van der Waals surface area contributed by atoms with Crippen molar-refractivity contribution in [2.75, 3.05) is 11.9 Å². The Labute approximate surface area is 154 Å². The van der Waals surface area contributed by atoms with Crippen LogP contribution in [0.25, 0.3) is 10.9 Å². The van der Waals surface area contributed by atoms with Gasteiger partial charge in [-0.25, -0.2) is 0 Å². The molecule has 4 nitrogen and oxygen atoms in total. The number of aryl methyl sites for hydroxylation is 2. The maximum atomic E-state index is 12.8. The normalized spacial score (nSPS) is 11.4. The number of alkyl halides is 3. The fourth-order valence-corrected chi connectivity index (χ4v) is 2.63. The molecule has 3 aromatic rings. The Morgan fingerprint density at radius 3 is 2.63 bits per heavy atom. The van der Waals surface area contributed by atoms with Gasteiger partial charge in [0.05, 0.1) is 16.8 Å². The van der Waals surface area contributed by atoms with Crippen LogP contribution in [0.4, 0.5) is 18.9 Å². The maximum absolute atomic E-state index is 12.8. The Morgan fingerprint density at radius 2 is 1.89 bits per heavy atom. The number of nitrogens with one attached hydrogen (secondary N) is 1. The highest BCUT2D eigenvalue weighted by atomic mass is 19.4. The lowest BCUT2D eigenvalue weighted by molar-refractivity contribution is -0.137. The molecule has 140 valence electrons. The fraction of sp³-hybridized carbons (Fsp3) is 0.200. The molecule has 1 amide bonds. The van der Waals surface area contributed by atoms with E-state index in [-0.39, 0.29) is 12.1 Å². The number of fused-ring (bicyclic) bond motifs is 1. The third-order valence-electron chi connectivity index (χ3n) is 4.05. The number of hydrogen-bond donors (Lipinski definition) is 1. The van der Waals surface area contributed by atoms with Crippen molar-refractivity contribution in [1.29, 1.82) is 0 Å². The van der Waals surface area contributed by atoms with Gasteiger partial charge in [0.15, 0.2) is 6.61 Å². The van der Waals surface area contributed by atoms with Crippen LogP contribution in [-0.2, 0) is 11.0 Å². The molecule has 0 aliphatic heterocycles. The standard InChI is InChI=1S/C20H17F3N2O2/c1-12-3-4-13(2)18(9-12)27-11-19(26)25-16-7-8-24-17-10-14(20(21,22)23)5-6-15(16)17/h3-10H,11H2,1-2H3,(H,24,25,26). The molecule has 0 atom stereocenters. The van der Waals surface area contributed by atoms with Crippen LogP contribution in [0.15, 0.2) is 48.7 Å². The molecule has 0 spiro atoms. The third-order valence-corrected chi connectivity index (χ3v) is 4.05. The maximum Gasteiger partial charge on any atom is 0.416 e. The third kappa shape index (κ3) is 4.36. The number of halogens is 3. The molecule has 0 aliphatic rings. The number of hydrogen-bond acceptors (Lipinski definition) is 3. The van der Waals surface area contributed by atoms with Gasteiger partial charge in [-0.1, -0.05) is 18.2 Å². The van der Waals surface area contributed by atoms with Crippen LogP contribution in [-0.4, -0.2) is 17.5 Å². The lowest BCUT2D eigenvalue weighted by atomic mass is 10.1. The van der Waals surface area contributed by atoms with Gasteiger partial charge in [0, 0.05) is 11.6 Å². The molecule has 27 heavy (non-hydrogen) atoms. The molecule has 1 aromatic heterocycles. The van der Waals surface area contributed by atoms with E-state index in [1.807, 2.05) is 32.0 Å². The molecule has 0 fully saturated rings. The van der Waals surface area contributed by atoms with E-state index in [4.69, 9.17) is 4.74 Å². The number of benzene rings is 2. The fourth-order valence-electron chi connectivity index (χ4n) is 2.63. The Morgan fingerprint density at radius 1 is 1.11 bits per heavy atom. The summed E-state index contributed by atoms with van der Waals surface area (Å²) in [6.07, 6.45) is -3.10. The quantitative estimate of drug-likeness (QED) is 0.708. The lowest BCUT2D eigenvalue weighted by Crippen LogP contribution is -2.20. The zero-order chi connectivity index (χ0) is 19.6. The molecule has 2 aromatic carbocycles. The highest BCUT2D eigenvalue weighted by Crippen LogP contribution is 2.32. The minimum absolute atomic E-state index is 0.151. The zero-order valence-corrected chi connectivity index (χ0v) is 14.7. The van der Waals surface area contributed by atoms with Gasteiger partial charge in [-0.3, -0.25) is 9.78 Å². The molecular weight excluding hydrogens is 357 g/mol. The van der Waals surface area contributed by atoms with Gasteiger partial charge in [0.1, 0.15) is 5.75 Å². The first-order chi connectivity index (χ1) is 12.7. The first-order valence-electron chi connectivity index (χ1n) is 8.20. The summed E-state index contributed by atoms with van der Waals surface area (Å²) in [4.78, 5) is 16.2. The van der Waals surface area contributed by atoms with Crippen molar-refractivity contribution in [2.45, 2.75) is 20.0 Å². The number of amides is 1. The minimum Gasteiger partial charge on any atom is -0.483 e. The second kappa shape index (κ2) is 7.26. The van der Waals surface area contributed by atoms with Gasteiger partial charge >= 0.3 is 6.18 Å². The molecule has 1 heterocycles. The summed E-state index contributed by atoms with van der Waals surface area (Å²) in [5, 5.41) is 3.08. The predicted molar refractivity (Wildman–Crippen MR) is 96.8 cm³/mol. The van der Waals surface area contributed by atoms with Crippen LogP contribution in [0, 0.1) is 13.8 Å². The van der Waals surface area contributed by atoms with E-state index in [1.165, 1.54) is 18.3 Å². The van der Waals surface area contributed by atoms with E-state index >= 15 is 0 Å². The van der Waals surface area contributed by atoms with Gasteiger partial charge in [-0.2, -0.15) is 13.2 Å². The summed E-state index contributed by atoms with van der Waals surface area (Å²) < 4.78 is 44.1. The van der Waals surface area contributed by atoms with Crippen LogP contribution in [0.5, 0.6) is 5.75 Å². The van der Waals surface area contributed by atoms with Crippen molar-refractivity contribution in [3.63, 3.8) is 0 Å². The lowest BCUT2D eigenvalue weighted by Gasteiger charge is -2.12. The second-order valence-electron chi connectivity index (χ2n) is 6.19. The van der Waals surface area contributed by atoms with E-state index in [9.17, 15) is 18.0 Å². The average Bonchev–Trinajstić information content (AvgIpc) is 2.61. The highest BCUT2D eigenvalue weighted by molar-refractivity contribution is 6.01. The zero-order valence-electron chi connectivity index (χ0n) is 14.7. The summed E-state index contributed by atoms with van der Waals surface area (Å²) in [6, 6.07) is 10.4. The van der Waals surface area contributed by atoms with Crippen molar-refractivity contribution in [3.8, 4) is 5.75 Å². The second-order valence-corrected chi connectivity index (χ2v) is 6.19. The number of nitrogens with zero attached hydrogens (tertiary/aromatic N) is 1. The monoisotopic (exact) mass is 374 g/mol. The number of aromatic nitrogens is 1. The van der Waals surface area contributed by atoms with E-state index in [2.05, 4.69) is 10.3 Å². The van der Waals surface area contributed by atoms with Crippen molar-refractivity contribution in [2.24, 2.45) is 0 Å². The summed E-state index contributed by atoms with van der Waals surface area (Å²) in [5.41, 5.74) is 1.66. The molecule has 0 aliphatic carbocycles. The van der Waals surface area contributed by atoms with Crippen molar-refractivity contribution in [3.05, 3.63) is 65.4 Å². The molecule has 0 radical (unpaired) electrons. The Kier molecular flexibility index (Phi) is 5.03.